The van der Waals surface area contributed by atoms with E-state index in [1.807, 2.05) is 4.90 Å². The maximum atomic E-state index is 11.1. The van der Waals surface area contributed by atoms with Crippen LogP contribution in [0, 0.1) is 5.92 Å². The number of hydrogen-bond acceptors (Lipinski definition) is 3. The van der Waals surface area contributed by atoms with Gasteiger partial charge in [-0.15, -0.1) is 0 Å². The third-order valence-electron chi connectivity index (χ3n) is 3.05. The van der Waals surface area contributed by atoms with Crippen molar-refractivity contribution in [3.05, 3.63) is 0 Å². The third-order valence-corrected chi connectivity index (χ3v) is 3.05. The summed E-state index contributed by atoms with van der Waals surface area (Å²) in [5.41, 5.74) is 0. The first-order chi connectivity index (χ1) is 6.86. The van der Waals surface area contributed by atoms with E-state index >= 15 is 0 Å². The van der Waals surface area contributed by atoms with Crippen LogP contribution in [0.15, 0.2) is 0 Å². The number of carbonyl (C=O) groups is 1. The summed E-state index contributed by atoms with van der Waals surface area (Å²) >= 11 is 0. The van der Waals surface area contributed by atoms with Gasteiger partial charge in [0.25, 0.3) is 0 Å². The van der Waals surface area contributed by atoms with Crippen molar-refractivity contribution in [3.63, 3.8) is 0 Å². The first kappa shape index (κ1) is 9.77. The lowest BCUT2D eigenvalue weighted by molar-refractivity contribution is 0.156. The predicted octanol–water partition coefficient (Wildman–Crippen LogP) is 0.828. The zero-order chi connectivity index (χ0) is 9.80. The van der Waals surface area contributed by atoms with Gasteiger partial charge in [0, 0.05) is 6.54 Å². The molecule has 2 fully saturated rings. The molecule has 80 valence electrons. The molecule has 2 saturated heterocycles. The quantitative estimate of drug-likeness (QED) is 0.730. The first-order valence-electron chi connectivity index (χ1n) is 5.48. The van der Waals surface area contributed by atoms with Crippen molar-refractivity contribution in [1.29, 1.82) is 0 Å². The van der Waals surface area contributed by atoms with Crippen molar-refractivity contribution in [2.45, 2.75) is 19.3 Å². The summed E-state index contributed by atoms with van der Waals surface area (Å²) in [6.07, 6.45) is 3.56. The van der Waals surface area contributed by atoms with Crippen LogP contribution in [0.4, 0.5) is 4.79 Å². The Labute approximate surface area is 84.6 Å². The van der Waals surface area contributed by atoms with Crippen LogP contribution in [0.5, 0.6) is 0 Å². The fourth-order valence-electron chi connectivity index (χ4n) is 2.14. The molecule has 0 aromatic carbocycles. The lowest BCUT2D eigenvalue weighted by Gasteiger charge is -2.24. The number of carbonyl (C=O) groups excluding carboxylic acids is 1. The minimum atomic E-state index is -0.131. The van der Waals surface area contributed by atoms with E-state index in [0.717, 1.165) is 38.5 Å². The van der Waals surface area contributed by atoms with Gasteiger partial charge in [0.05, 0.1) is 6.54 Å². The van der Waals surface area contributed by atoms with Gasteiger partial charge in [-0.25, -0.2) is 4.79 Å². The van der Waals surface area contributed by atoms with Gasteiger partial charge in [-0.2, -0.15) is 0 Å². The van der Waals surface area contributed by atoms with Crippen LogP contribution in [-0.4, -0.2) is 43.8 Å². The summed E-state index contributed by atoms with van der Waals surface area (Å²) in [4.78, 5) is 12.9. The molecule has 0 aromatic heterocycles. The summed E-state index contributed by atoms with van der Waals surface area (Å²) in [6, 6.07) is 0. The second-order valence-corrected chi connectivity index (χ2v) is 4.10. The lowest BCUT2D eigenvalue weighted by atomic mass is 9.96. The number of nitrogens with one attached hydrogen (secondary N) is 1. The van der Waals surface area contributed by atoms with E-state index < -0.39 is 0 Å². The number of rotatable bonds is 3. The Bertz CT molecular complexity index is 202. The van der Waals surface area contributed by atoms with Gasteiger partial charge < -0.3 is 15.0 Å². The number of ether oxygens (including phenoxy) is 1. The number of cyclic esters (lactones) is 1. The van der Waals surface area contributed by atoms with Gasteiger partial charge >= 0.3 is 6.09 Å². The topological polar surface area (TPSA) is 41.6 Å². The van der Waals surface area contributed by atoms with Gasteiger partial charge in [0.1, 0.15) is 6.61 Å². The molecule has 0 saturated carbocycles. The molecule has 1 unspecified atom stereocenters. The van der Waals surface area contributed by atoms with E-state index in [0.29, 0.717) is 6.61 Å². The smallest absolute Gasteiger partial charge is 0.409 e. The number of nitrogens with zero attached hydrogens (tertiary/aromatic N) is 1. The summed E-state index contributed by atoms with van der Waals surface area (Å²) in [5, 5.41) is 3.39. The van der Waals surface area contributed by atoms with Crippen molar-refractivity contribution in [2.24, 2.45) is 5.92 Å². The molecule has 0 bridgehead atoms. The zero-order valence-corrected chi connectivity index (χ0v) is 8.50. The van der Waals surface area contributed by atoms with E-state index in [2.05, 4.69) is 5.32 Å². The summed E-state index contributed by atoms with van der Waals surface area (Å²) < 4.78 is 4.88. The summed E-state index contributed by atoms with van der Waals surface area (Å²) in [7, 11) is 0. The van der Waals surface area contributed by atoms with Crippen LogP contribution in [0.2, 0.25) is 0 Å². The molecule has 4 heteroatoms. The van der Waals surface area contributed by atoms with E-state index in [4.69, 9.17) is 4.74 Å². The summed E-state index contributed by atoms with van der Waals surface area (Å²) in [5.74, 6) is 0.747. The minimum absolute atomic E-state index is 0.131. The highest BCUT2D eigenvalue weighted by Gasteiger charge is 2.23. The molecule has 2 heterocycles. The Kier molecular flexibility index (Phi) is 3.24. The van der Waals surface area contributed by atoms with Crippen molar-refractivity contribution in [1.82, 2.24) is 10.2 Å². The molecule has 2 rings (SSSR count). The average Bonchev–Trinajstić information content (AvgIpc) is 2.63. The molecule has 2 aliphatic rings. The Morgan fingerprint density at radius 2 is 2.50 bits per heavy atom. The fourth-order valence-corrected chi connectivity index (χ4v) is 2.14. The van der Waals surface area contributed by atoms with Gasteiger partial charge in [-0.05, 0) is 38.3 Å². The predicted molar refractivity (Wildman–Crippen MR) is 53.1 cm³/mol. The van der Waals surface area contributed by atoms with Gasteiger partial charge in [0.15, 0.2) is 0 Å². The van der Waals surface area contributed by atoms with Gasteiger partial charge in [-0.3, -0.25) is 0 Å². The number of amides is 1. The van der Waals surface area contributed by atoms with Crippen LogP contribution in [0.3, 0.4) is 0 Å². The van der Waals surface area contributed by atoms with E-state index in [9.17, 15) is 4.79 Å². The molecule has 2 aliphatic heterocycles. The SMILES string of the molecule is O=C1OCCN1CCC1CCCNC1. The van der Waals surface area contributed by atoms with Crippen LogP contribution in [0.25, 0.3) is 0 Å². The lowest BCUT2D eigenvalue weighted by Crippen LogP contribution is -2.33. The van der Waals surface area contributed by atoms with Crippen LogP contribution < -0.4 is 5.32 Å². The van der Waals surface area contributed by atoms with Gasteiger partial charge in [0.2, 0.25) is 0 Å². The molecule has 4 nitrogen and oxygen atoms in total. The molecule has 14 heavy (non-hydrogen) atoms. The van der Waals surface area contributed by atoms with Crippen molar-refractivity contribution in [3.8, 4) is 0 Å². The van der Waals surface area contributed by atoms with E-state index in [1.54, 1.807) is 0 Å². The Morgan fingerprint density at radius 3 is 3.14 bits per heavy atom. The molecule has 1 amide bonds. The maximum Gasteiger partial charge on any atom is 0.409 e. The zero-order valence-electron chi connectivity index (χ0n) is 8.50. The number of piperidine rings is 1. The molecule has 0 aliphatic carbocycles. The molecule has 0 radical (unpaired) electrons. The molecule has 1 N–H and O–H groups in total. The number of hydrogen-bond donors (Lipinski definition) is 1. The molecular weight excluding hydrogens is 180 g/mol. The minimum Gasteiger partial charge on any atom is -0.448 e. The Balaban J connectivity index is 1.68. The molecule has 1 atom stereocenters. The molecule has 0 spiro atoms. The van der Waals surface area contributed by atoms with Crippen molar-refractivity contribution in [2.75, 3.05) is 32.8 Å². The van der Waals surface area contributed by atoms with Crippen LogP contribution >= 0.6 is 0 Å². The summed E-state index contributed by atoms with van der Waals surface area (Å²) in [6.45, 7) is 4.48. The van der Waals surface area contributed by atoms with E-state index in [-0.39, 0.29) is 6.09 Å². The molecular formula is C10H18N2O2. The normalized spacial score (nSPS) is 27.9. The third kappa shape index (κ3) is 2.38. The van der Waals surface area contributed by atoms with Crippen LogP contribution in [-0.2, 0) is 4.74 Å². The highest BCUT2D eigenvalue weighted by atomic mass is 16.6. The van der Waals surface area contributed by atoms with Crippen molar-refractivity contribution >= 4 is 6.09 Å². The Morgan fingerprint density at radius 1 is 1.57 bits per heavy atom. The second-order valence-electron chi connectivity index (χ2n) is 4.10. The largest absolute Gasteiger partial charge is 0.448 e. The highest BCUT2D eigenvalue weighted by Crippen LogP contribution is 2.15. The second kappa shape index (κ2) is 4.64. The average molecular weight is 198 g/mol. The standard InChI is InChI=1S/C10H18N2O2/c13-10-12(6-7-14-10)5-3-9-2-1-4-11-8-9/h9,11H,1-8H2. The Hall–Kier alpha value is -0.770. The highest BCUT2D eigenvalue weighted by molar-refractivity contribution is 5.69. The maximum absolute atomic E-state index is 11.1. The monoisotopic (exact) mass is 198 g/mol. The van der Waals surface area contributed by atoms with E-state index in [1.165, 1.54) is 12.8 Å². The van der Waals surface area contributed by atoms with Crippen LogP contribution in [0.1, 0.15) is 19.3 Å². The fraction of sp³-hybridized carbons (Fsp3) is 0.900. The first-order valence-corrected chi connectivity index (χ1v) is 5.48. The van der Waals surface area contributed by atoms with Crippen molar-refractivity contribution < 1.29 is 9.53 Å². The van der Waals surface area contributed by atoms with Gasteiger partial charge in [-0.1, -0.05) is 0 Å². The molecule has 0 aromatic rings.